The molecule has 0 radical (unpaired) electrons. The maximum atomic E-state index is 11.4. The van der Waals surface area contributed by atoms with Gasteiger partial charge >= 0.3 is 5.97 Å². The third-order valence-electron chi connectivity index (χ3n) is 1.80. The fourth-order valence-electron chi connectivity index (χ4n) is 0.890. The molecule has 0 rings (SSSR count). The standard InChI is InChI=1S/C11H21N3O2/c1-8(2)10(12)6-14(13-5)7-11(15)16-9(3)4/h6,8-9H,5,7,12H2,1-4H3/b10-6-. The molecule has 0 unspecified atom stereocenters. The fourth-order valence-corrected chi connectivity index (χ4v) is 0.890. The van der Waals surface area contributed by atoms with Crippen LogP contribution in [0.4, 0.5) is 0 Å². The minimum atomic E-state index is -0.352. The summed E-state index contributed by atoms with van der Waals surface area (Å²) in [5, 5.41) is 5.06. The van der Waals surface area contributed by atoms with Gasteiger partial charge < -0.3 is 10.5 Å². The van der Waals surface area contributed by atoms with Crippen LogP contribution < -0.4 is 5.73 Å². The Labute approximate surface area is 96.9 Å². The molecule has 0 aromatic carbocycles. The van der Waals surface area contributed by atoms with Crippen molar-refractivity contribution in [2.45, 2.75) is 33.8 Å². The SMILES string of the molecule is C=NN(/C=C(\N)C(C)C)CC(=O)OC(C)C. The van der Waals surface area contributed by atoms with E-state index in [4.69, 9.17) is 10.5 Å². The van der Waals surface area contributed by atoms with Crippen molar-refractivity contribution in [2.24, 2.45) is 16.8 Å². The van der Waals surface area contributed by atoms with Crippen LogP contribution in [0.25, 0.3) is 0 Å². The maximum absolute atomic E-state index is 11.4. The Balaban J connectivity index is 4.36. The van der Waals surface area contributed by atoms with E-state index in [1.165, 1.54) is 5.01 Å². The zero-order valence-electron chi connectivity index (χ0n) is 10.4. The summed E-state index contributed by atoms with van der Waals surface area (Å²) in [7, 11) is 0. The van der Waals surface area contributed by atoms with Gasteiger partial charge in [-0.1, -0.05) is 13.8 Å². The zero-order chi connectivity index (χ0) is 12.7. The van der Waals surface area contributed by atoms with Crippen LogP contribution in [0.5, 0.6) is 0 Å². The normalized spacial score (nSPS) is 11.8. The predicted molar refractivity (Wildman–Crippen MR) is 64.6 cm³/mol. The first kappa shape index (κ1) is 14.5. The summed E-state index contributed by atoms with van der Waals surface area (Å²) < 4.78 is 4.99. The first-order chi connectivity index (χ1) is 7.36. The molecule has 0 spiro atoms. The van der Waals surface area contributed by atoms with Gasteiger partial charge in [0.05, 0.1) is 6.10 Å². The Morgan fingerprint density at radius 3 is 2.44 bits per heavy atom. The molecular formula is C11H21N3O2. The van der Waals surface area contributed by atoms with Gasteiger partial charge in [0.25, 0.3) is 0 Å². The Bertz CT molecular complexity index is 272. The molecule has 16 heavy (non-hydrogen) atoms. The summed E-state index contributed by atoms with van der Waals surface area (Å²) in [6, 6.07) is 0. The van der Waals surface area contributed by atoms with Crippen molar-refractivity contribution in [1.82, 2.24) is 5.01 Å². The average molecular weight is 227 g/mol. The summed E-state index contributed by atoms with van der Waals surface area (Å²) in [6.07, 6.45) is 1.46. The van der Waals surface area contributed by atoms with Gasteiger partial charge in [0.1, 0.15) is 6.54 Å². The third kappa shape index (κ3) is 6.06. The number of hydrazone groups is 1. The number of carbonyl (C=O) groups excluding carboxylic acids is 1. The lowest BCUT2D eigenvalue weighted by Gasteiger charge is -2.16. The minimum Gasteiger partial charge on any atom is -0.462 e. The monoisotopic (exact) mass is 227 g/mol. The summed E-state index contributed by atoms with van der Waals surface area (Å²) >= 11 is 0. The highest BCUT2D eigenvalue weighted by molar-refractivity contribution is 5.72. The first-order valence-corrected chi connectivity index (χ1v) is 5.26. The second kappa shape index (κ2) is 6.87. The van der Waals surface area contributed by atoms with E-state index in [0.717, 1.165) is 0 Å². The number of allylic oxidation sites excluding steroid dienone is 1. The van der Waals surface area contributed by atoms with Crippen molar-refractivity contribution < 1.29 is 9.53 Å². The van der Waals surface area contributed by atoms with E-state index >= 15 is 0 Å². The molecule has 0 bridgehead atoms. The summed E-state index contributed by atoms with van der Waals surface area (Å²) in [4.78, 5) is 11.4. The van der Waals surface area contributed by atoms with Crippen molar-refractivity contribution in [3.8, 4) is 0 Å². The number of nitrogens with zero attached hydrogens (tertiary/aromatic N) is 2. The molecule has 5 nitrogen and oxygen atoms in total. The number of hydrogen-bond donors (Lipinski definition) is 1. The highest BCUT2D eigenvalue weighted by Crippen LogP contribution is 2.04. The summed E-state index contributed by atoms with van der Waals surface area (Å²) in [6.45, 7) is 10.9. The van der Waals surface area contributed by atoms with Gasteiger partial charge in [-0.3, -0.25) is 9.80 Å². The molecule has 0 aromatic rings. The quantitative estimate of drug-likeness (QED) is 0.422. The molecular weight excluding hydrogens is 206 g/mol. The fraction of sp³-hybridized carbons (Fsp3) is 0.636. The minimum absolute atomic E-state index is 0.0229. The molecule has 92 valence electrons. The number of hydrogen-bond acceptors (Lipinski definition) is 5. The topological polar surface area (TPSA) is 67.9 Å². The zero-order valence-corrected chi connectivity index (χ0v) is 10.4. The molecule has 0 fully saturated rings. The number of carbonyl (C=O) groups is 1. The average Bonchev–Trinajstić information content (AvgIpc) is 2.14. The maximum Gasteiger partial charge on any atom is 0.328 e. The first-order valence-electron chi connectivity index (χ1n) is 5.26. The van der Waals surface area contributed by atoms with Crippen LogP contribution >= 0.6 is 0 Å². The highest BCUT2D eigenvalue weighted by Gasteiger charge is 2.10. The van der Waals surface area contributed by atoms with Crippen LogP contribution in [0.1, 0.15) is 27.7 Å². The van der Waals surface area contributed by atoms with Crippen molar-refractivity contribution in [3.05, 3.63) is 11.9 Å². The van der Waals surface area contributed by atoms with E-state index in [2.05, 4.69) is 11.8 Å². The molecule has 0 aliphatic heterocycles. The molecule has 0 heterocycles. The van der Waals surface area contributed by atoms with Gasteiger partial charge in [0.2, 0.25) is 0 Å². The summed E-state index contributed by atoms with van der Waals surface area (Å²) in [5.41, 5.74) is 6.39. The van der Waals surface area contributed by atoms with Crippen molar-refractivity contribution in [2.75, 3.05) is 6.54 Å². The molecule has 0 saturated heterocycles. The Morgan fingerprint density at radius 1 is 1.50 bits per heavy atom. The van der Waals surface area contributed by atoms with Gasteiger partial charge in [-0.05, 0) is 19.8 Å². The number of ether oxygens (including phenoxy) is 1. The number of esters is 1. The third-order valence-corrected chi connectivity index (χ3v) is 1.80. The lowest BCUT2D eigenvalue weighted by atomic mass is 10.2. The van der Waals surface area contributed by atoms with E-state index in [-0.39, 0.29) is 24.5 Å². The van der Waals surface area contributed by atoms with E-state index in [0.29, 0.717) is 5.70 Å². The number of nitrogens with two attached hydrogens (primary N) is 1. The molecule has 5 heteroatoms. The van der Waals surface area contributed by atoms with E-state index in [1.807, 2.05) is 13.8 Å². The number of rotatable bonds is 6. The Hall–Kier alpha value is -1.52. The molecule has 0 amide bonds. The molecule has 0 saturated carbocycles. The lowest BCUT2D eigenvalue weighted by Crippen LogP contribution is -2.26. The van der Waals surface area contributed by atoms with Crippen LogP contribution in [0.2, 0.25) is 0 Å². The Kier molecular flexibility index (Phi) is 6.22. The van der Waals surface area contributed by atoms with Gasteiger partial charge in [-0.25, -0.2) is 0 Å². The van der Waals surface area contributed by atoms with E-state index in [1.54, 1.807) is 20.0 Å². The molecule has 0 aromatic heterocycles. The van der Waals surface area contributed by atoms with Crippen LogP contribution in [0.15, 0.2) is 17.0 Å². The molecule has 0 atom stereocenters. The predicted octanol–water partition coefficient (Wildman–Crippen LogP) is 1.31. The van der Waals surface area contributed by atoms with Gasteiger partial charge in [-0.15, -0.1) is 0 Å². The van der Waals surface area contributed by atoms with E-state index < -0.39 is 0 Å². The van der Waals surface area contributed by atoms with Crippen molar-refractivity contribution in [1.29, 1.82) is 0 Å². The van der Waals surface area contributed by atoms with Crippen LogP contribution in [-0.2, 0) is 9.53 Å². The van der Waals surface area contributed by atoms with Crippen molar-refractivity contribution in [3.63, 3.8) is 0 Å². The largest absolute Gasteiger partial charge is 0.462 e. The molecule has 2 N–H and O–H groups in total. The highest BCUT2D eigenvalue weighted by atomic mass is 16.5. The van der Waals surface area contributed by atoms with Crippen LogP contribution in [-0.4, -0.2) is 30.3 Å². The Morgan fingerprint density at radius 2 is 2.06 bits per heavy atom. The lowest BCUT2D eigenvalue weighted by molar-refractivity contribution is -0.148. The van der Waals surface area contributed by atoms with E-state index in [9.17, 15) is 4.79 Å². The summed E-state index contributed by atoms with van der Waals surface area (Å²) in [5.74, 6) is -0.152. The van der Waals surface area contributed by atoms with Gasteiger partial charge in [0.15, 0.2) is 0 Å². The van der Waals surface area contributed by atoms with Crippen LogP contribution in [0.3, 0.4) is 0 Å². The second-order valence-electron chi connectivity index (χ2n) is 4.06. The van der Waals surface area contributed by atoms with Gasteiger partial charge in [-0.2, -0.15) is 5.10 Å². The van der Waals surface area contributed by atoms with Crippen LogP contribution in [0, 0.1) is 5.92 Å². The van der Waals surface area contributed by atoms with Crippen molar-refractivity contribution >= 4 is 12.7 Å². The molecule has 0 aliphatic rings. The molecule has 0 aliphatic carbocycles. The van der Waals surface area contributed by atoms with Gasteiger partial charge in [0, 0.05) is 18.6 Å². The smallest absolute Gasteiger partial charge is 0.328 e. The second-order valence-corrected chi connectivity index (χ2v) is 4.06.